The molecule has 3 rings (SSSR count). The average molecular weight is 329 g/mol. The smallest absolute Gasteiger partial charge is 0.261 e. The molecule has 2 aromatic carbocycles. The summed E-state index contributed by atoms with van der Waals surface area (Å²) < 4.78 is 0. The third-order valence-corrected chi connectivity index (χ3v) is 4.28. The van der Waals surface area contributed by atoms with E-state index < -0.39 is 5.91 Å². The molecule has 0 bridgehead atoms. The van der Waals surface area contributed by atoms with E-state index in [0.717, 1.165) is 10.5 Å². The Kier molecular flexibility index (Phi) is 3.66. The lowest BCUT2D eigenvalue weighted by Gasteiger charge is -2.10. The summed E-state index contributed by atoms with van der Waals surface area (Å²) in [6, 6.07) is 9.69. The van der Waals surface area contributed by atoms with Crippen LogP contribution in [0.15, 0.2) is 36.4 Å². The number of carbonyl (C=O) groups excluding carboxylic acids is 3. The number of benzene rings is 2. The minimum Gasteiger partial charge on any atom is -0.322 e. The van der Waals surface area contributed by atoms with Crippen LogP contribution in [-0.2, 0) is 0 Å². The molecule has 1 aliphatic rings. The van der Waals surface area contributed by atoms with Crippen LogP contribution in [0.2, 0.25) is 5.02 Å². The SMILES string of the molecule is Cc1c(Cl)cccc1NC(=O)c1ccc2c(c1)C(=O)N(C)C2=O. The molecule has 116 valence electrons. The first-order chi connectivity index (χ1) is 10.9. The number of hydrogen-bond acceptors (Lipinski definition) is 3. The number of nitrogens with zero attached hydrogens (tertiary/aromatic N) is 1. The molecule has 5 nitrogen and oxygen atoms in total. The summed E-state index contributed by atoms with van der Waals surface area (Å²) in [7, 11) is 1.42. The van der Waals surface area contributed by atoms with E-state index in [-0.39, 0.29) is 17.4 Å². The Morgan fingerprint density at radius 3 is 2.52 bits per heavy atom. The highest BCUT2D eigenvalue weighted by atomic mass is 35.5. The van der Waals surface area contributed by atoms with Crippen molar-refractivity contribution < 1.29 is 14.4 Å². The van der Waals surface area contributed by atoms with Crippen molar-refractivity contribution >= 4 is 35.0 Å². The Bertz CT molecular complexity index is 861. The summed E-state index contributed by atoms with van der Waals surface area (Å²) >= 11 is 6.03. The predicted octanol–water partition coefficient (Wildman–Crippen LogP) is 3.13. The van der Waals surface area contributed by atoms with Crippen molar-refractivity contribution in [2.75, 3.05) is 12.4 Å². The summed E-state index contributed by atoms with van der Waals surface area (Å²) in [4.78, 5) is 37.3. The first kappa shape index (κ1) is 15.2. The molecule has 23 heavy (non-hydrogen) atoms. The fraction of sp³-hybridized carbons (Fsp3) is 0.118. The van der Waals surface area contributed by atoms with Crippen molar-refractivity contribution in [3.63, 3.8) is 0 Å². The van der Waals surface area contributed by atoms with Gasteiger partial charge in [-0.15, -0.1) is 0 Å². The van der Waals surface area contributed by atoms with Crippen LogP contribution in [0.5, 0.6) is 0 Å². The van der Waals surface area contributed by atoms with Crippen LogP contribution in [0.4, 0.5) is 5.69 Å². The Balaban J connectivity index is 1.92. The number of hydrogen-bond donors (Lipinski definition) is 1. The molecular weight excluding hydrogens is 316 g/mol. The maximum Gasteiger partial charge on any atom is 0.261 e. The van der Waals surface area contributed by atoms with Gasteiger partial charge in [0.1, 0.15) is 0 Å². The third kappa shape index (κ3) is 2.49. The largest absolute Gasteiger partial charge is 0.322 e. The summed E-state index contributed by atoms with van der Waals surface area (Å²) in [6.07, 6.45) is 0. The zero-order valence-electron chi connectivity index (χ0n) is 12.5. The summed E-state index contributed by atoms with van der Waals surface area (Å²) in [5.41, 5.74) is 2.22. The van der Waals surface area contributed by atoms with Gasteiger partial charge in [-0.25, -0.2) is 0 Å². The maximum absolute atomic E-state index is 12.4. The monoisotopic (exact) mass is 328 g/mol. The molecule has 0 spiro atoms. The Labute approximate surface area is 137 Å². The predicted molar refractivity (Wildman–Crippen MR) is 87.0 cm³/mol. The fourth-order valence-electron chi connectivity index (χ4n) is 2.44. The molecule has 0 radical (unpaired) electrons. The van der Waals surface area contributed by atoms with E-state index in [2.05, 4.69) is 5.32 Å². The molecule has 0 saturated heterocycles. The lowest BCUT2D eigenvalue weighted by Crippen LogP contribution is -2.24. The molecule has 1 aliphatic heterocycles. The highest BCUT2D eigenvalue weighted by Crippen LogP contribution is 2.25. The van der Waals surface area contributed by atoms with Crippen LogP contribution in [-0.4, -0.2) is 29.7 Å². The van der Waals surface area contributed by atoms with Gasteiger partial charge < -0.3 is 5.32 Å². The third-order valence-electron chi connectivity index (χ3n) is 3.87. The second-order valence-corrected chi connectivity index (χ2v) is 5.70. The minimum absolute atomic E-state index is 0.243. The number of halogens is 1. The topological polar surface area (TPSA) is 66.5 Å². The number of rotatable bonds is 2. The standard InChI is InChI=1S/C17H13ClN2O3/c1-9-13(18)4-3-5-14(9)19-15(21)10-6-7-11-12(8-10)17(23)20(2)16(11)22/h3-8H,1-2H3,(H,19,21). The van der Waals surface area contributed by atoms with E-state index in [4.69, 9.17) is 11.6 Å². The Hall–Kier alpha value is -2.66. The van der Waals surface area contributed by atoms with Gasteiger partial charge in [-0.3, -0.25) is 19.3 Å². The van der Waals surface area contributed by atoms with Gasteiger partial charge in [0.25, 0.3) is 17.7 Å². The van der Waals surface area contributed by atoms with Crippen LogP contribution in [0.1, 0.15) is 36.6 Å². The Morgan fingerprint density at radius 2 is 1.78 bits per heavy atom. The average Bonchev–Trinajstić information content (AvgIpc) is 2.76. The maximum atomic E-state index is 12.4. The van der Waals surface area contributed by atoms with Gasteiger partial charge in [0, 0.05) is 23.3 Å². The number of anilines is 1. The van der Waals surface area contributed by atoms with Crippen molar-refractivity contribution in [1.82, 2.24) is 4.90 Å². The summed E-state index contributed by atoms with van der Waals surface area (Å²) in [6.45, 7) is 1.80. The van der Waals surface area contributed by atoms with E-state index in [1.54, 1.807) is 25.1 Å². The van der Waals surface area contributed by atoms with Crippen molar-refractivity contribution in [3.8, 4) is 0 Å². The summed E-state index contributed by atoms with van der Waals surface area (Å²) in [5, 5.41) is 3.32. The zero-order chi connectivity index (χ0) is 16.7. The van der Waals surface area contributed by atoms with Gasteiger partial charge in [-0.2, -0.15) is 0 Å². The minimum atomic E-state index is -0.404. The quantitative estimate of drug-likeness (QED) is 0.861. The van der Waals surface area contributed by atoms with Gasteiger partial charge in [-0.05, 0) is 42.8 Å². The van der Waals surface area contributed by atoms with Crippen LogP contribution in [0, 0.1) is 6.92 Å². The van der Waals surface area contributed by atoms with Crippen LogP contribution >= 0.6 is 11.6 Å². The lowest BCUT2D eigenvalue weighted by atomic mass is 10.0. The molecule has 6 heteroatoms. The number of amides is 3. The van der Waals surface area contributed by atoms with Crippen molar-refractivity contribution in [1.29, 1.82) is 0 Å². The van der Waals surface area contributed by atoms with Gasteiger partial charge in [0.2, 0.25) is 0 Å². The van der Waals surface area contributed by atoms with E-state index in [9.17, 15) is 14.4 Å². The van der Waals surface area contributed by atoms with E-state index in [1.807, 2.05) is 0 Å². The number of nitrogens with one attached hydrogen (secondary N) is 1. The zero-order valence-corrected chi connectivity index (χ0v) is 13.3. The van der Waals surface area contributed by atoms with Crippen LogP contribution < -0.4 is 5.32 Å². The van der Waals surface area contributed by atoms with E-state index >= 15 is 0 Å². The molecule has 0 unspecified atom stereocenters. The number of fused-ring (bicyclic) bond motifs is 1. The van der Waals surface area contributed by atoms with Crippen molar-refractivity contribution in [2.24, 2.45) is 0 Å². The Morgan fingerprint density at radius 1 is 1.09 bits per heavy atom. The molecule has 0 aromatic heterocycles. The number of imide groups is 1. The molecular formula is C17H13ClN2O3. The highest BCUT2D eigenvalue weighted by Gasteiger charge is 2.33. The van der Waals surface area contributed by atoms with Gasteiger partial charge in [-0.1, -0.05) is 17.7 Å². The van der Waals surface area contributed by atoms with Crippen molar-refractivity contribution in [2.45, 2.75) is 6.92 Å². The second kappa shape index (κ2) is 5.52. The van der Waals surface area contributed by atoms with E-state index in [1.165, 1.54) is 25.2 Å². The molecule has 1 N–H and O–H groups in total. The fourth-order valence-corrected chi connectivity index (χ4v) is 2.61. The van der Waals surface area contributed by atoms with Crippen LogP contribution in [0.3, 0.4) is 0 Å². The normalized spacial score (nSPS) is 13.3. The molecule has 1 heterocycles. The first-order valence-electron chi connectivity index (χ1n) is 6.93. The molecule has 3 amide bonds. The summed E-state index contributed by atoms with van der Waals surface area (Å²) in [5.74, 6) is -1.13. The molecule has 2 aromatic rings. The number of carbonyl (C=O) groups is 3. The van der Waals surface area contributed by atoms with Gasteiger partial charge in [0.05, 0.1) is 11.1 Å². The van der Waals surface area contributed by atoms with Crippen molar-refractivity contribution in [3.05, 3.63) is 63.7 Å². The lowest BCUT2D eigenvalue weighted by molar-refractivity contribution is 0.0693. The molecule has 0 saturated carbocycles. The second-order valence-electron chi connectivity index (χ2n) is 5.30. The van der Waals surface area contributed by atoms with Gasteiger partial charge in [0.15, 0.2) is 0 Å². The van der Waals surface area contributed by atoms with Gasteiger partial charge >= 0.3 is 0 Å². The first-order valence-corrected chi connectivity index (χ1v) is 7.31. The van der Waals surface area contributed by atoms with E-state index in [0.29, 0.717) is 21.8 Å². The molecule has 0 atom stereocenters. The highest BCUT2D eigenvalue weighted by molar-refractivity contribution is 6.31. The van der Waals surface area contributed by atoms with Crippen LogP contribution in [0.25, 0.3) is 0 Å². The molecule has 0 fully saturated rings. The molecule has 0 aliphatic carbocycles.